The first-order chi connectivity index (χ1) is 15.6. The van der Waals surface area contributed by atoms with Crippen molar-refractivity contribution in [1.82, 2.24) is 9.78 Å². The summed E-state index contributed by atoms with van der Waals surface area (Å²) in [5.41, 5.74) is 11.9. The number of aromatic nitrogens is 2. The average molecular weight is 440 g/mol. The molecule has 1 heterocycles. The van der Waals surface area contributed by atoms with Gasteiger partial charge in [0, 0.05) is 17.1 Å². The molecule has 1 unspecified atom stereocenters. The van der Waals surface area contributed by atoms with Crippen molar-refractivity contribution in [2.75, 3.05) is 0 Å². The second-order valence-corrected chi connectivity index (χ2v) is 10.3. The molecule has 0 radical (unpaired) electrons. The first kappa shape index (κ1) is 22.8. The Bertz CT molecular complexity index is 1260. The number of carbonyl (C=O) groups is 1. The van der Waals surface area contributed by atoms with Crippen LogP contribution in [0.4, 0.5) is 0 Å². The smallest absolute Gasteiger partial charge is 0.248 e. The van der Waals surface area contributed by atoms with Gasteiger partial charge in [-0.25, -0.2) is 0 Å². The summed E-state index contributed by atoms with van der Waals surface area (Å²) >= 11 is 0. The highest BCUT2D eigenvalue weighted by Gasteiger charge is 2.18. The lowest BCUT2D eigenvalue weighted by atomic mass is 9.86. The molecule has 0 aliphatic carbocycles. The van der Waals surface area contributed by atoms with Gasteiger partial charge in [-0.2, -0.15) is 5.10 Å². The van der Waals surface area contributed by atoms with Gasteiger partial charge in [-0.15, -0.1) is 0 Å². The third-order valence-electron chi connectivity index (χ3n) is 6.20. The fourth-order valence-corrected chi connectivity index (χ4v) is 4.26. The lowest BCUT2D eigenvalue weighted by Crippen LogP contribution is -2.15. The van der Waals surface area contributed by atoms with Crippen LogP contribution >= 0.6 is 0 Å². The van der Waals surface area contributed by atoms with Crippen molar-refractivity contribution in [1.29, 1.82) is 0 Å². The standard InChI is InChI=1S/C29H33N3O/c1-19(2)16-27(21-6-8-22(9-7-21)28(30)33)32-18-24-17-23(12-15-26(24)31-32)20-10-13-25(14-11-20)29(3,4)5/h6-15,17-19,27H,16H2,1-5H3,(H2,30,33). The Kier molecular flexibility index (Phi) is 6.11. The van der Waals surface area contributed by atoms with E-state index in [1.54, 1.807) is 12.1 Å². The number of fused-ring (bicyclic) bond motifs is 1. The minimum atomic E-state index is -0.408. The van der Waals surface area contributed by atoms with Crippen LogP contribution in [0.2, 0.25) is 0 Å². The van der Waals surface area contributed by atoms with Gasteiger partial charge in [-0.1, -0.05) is 77.1 Å². The topological polar surface area (TPSA) is 60.9 Å². The van der Waals surface area contributed by atoms with Crippen LogP contribution in [0.5, 0.6) is 0 Å². The van der Waals surface area contributed by atoms with Crippen molar-refractivity contribution in [3.05, 3.63) is 89.6 Å². The minimum Gasteiger partial charge on any atom is -0.366 e. The molecular weight excluding hydrogens is 406 g/mol. The van der Waals surface area contributed by atoms with Crippen molar-refractivity contribution < 1.29 is 4.79 Å². The summed E-state index contributed by atoms with van der Waals surface area (Å²) in [6.07, 6.45) is 3.09. The van der Waals surface area contributed by atoms with Crippen molar-refractivity contribution in [2.45, 2.75) is 52.5 Å². The van der Waals surface area contributed by atoms with Gasteiger partial charge in [0.25, 0.3) is 0 Å². The lowest BCUT2D eigenvalue weighted by Gasteiger charge is -2.20. The molecule has 4 rings (SSSR count). The summed E-state index contributed by atoms with van der Waals surface area (Å²) in [5.74, 6) is 0.0878. The van der Waals surface area contributed by atoms with Crippen LogP contribution in [0, 0.1) is 5.92 Å². The second kappa shape index (κ2) is 8.86. The third-order valence-corrected chi connectivity index (χ3v) is 6.20. The number of nitrogens with two attached hydrogens (primary N) is 1. The fraction of sp³-hybridized carbons (Fsp3) is 0.310. The predicted octanol–water partition coefficient (Wildman–Crippen LogP) is 6.74. The van der Waals surface area contributed by atoms with E-state index < -0.39 is 5.91 Å². The van der Waals surface area contributed by atoms with E-state index in [0.29, 0.717) is 11.5 Å². The Morgan fingerprint density at radius 1 is 0.939 bits per heavy atom. The van der Waals surface area contributed by atoms with Crippen molar-refractivity contribution in [3.8, 4) is 11.1 Å². The third kappa shape index (κ3) is 5.00. The van der Waals surface area contributed by atoms with E-state index >= 15 is 0 Å². The van der Waals surface area contributed by atoms with Gasteiger partial charge in [0.1, 0.15) is 0 Å². The van der Waals surface area contributed by atoms with Crippen LogP contribution in [-0.4, -0.2) is 15.7 Å². The number of rotatable bonds is 6. The molecule has 4 aromatic rings. The molecule has 0 spiro atoms. The summed E-state index contributed by atoms with van der Waals surface area (Å²) < 4.78 is 2.07. The quantitative estimate of drug-likeness (QED) is 0.362. The van der Waals surface area contributed by atoms with E-state index in [9.17, 15) is 4.79 Å². The summed E-state index contributed by atoms with van der Waals surface area (Å²) in [6.45, 7) is 11.1. The molecule has 0 aliphatic rings. The van der Waals surface area contributed by atoms with Crippen molar-refractivity contribution in [2.24, 2.45) is 11.7 Å². The number of hydrogen-bond acceptors (Lipinski definition) is 2. The number of amides is 1. The SMILES string of the molecule is CC(C)CC(c1ccc(C(N)=O)cc1)n1cc2cc(-c3ccc(C(C)(C)C)cc3)ccc2n1. The Morgan fingerprint density at radius 2 is 1.58 bits per heavy atom. The first-order valence-electron chi connectivity index (χ1n) is 11.6. The number of hydrogen-bond donors (Lipinski definition) is 1. The molecule has 0 saturated carbocycles. The summed E-state index contributed by atoms with van der Waals surface area (Å²) in [5, 5.41) is 6.03. The predicted molar refractivity (Wildman–Crippen MR) is 136 cm³/mol. The van der Waals surface area contributed by atoms with Gasteiger partial charge >= 0.3 is 0 Å². The number of benzene rings is 3. The molecule has 1 aromatic heterocycles. The van der Waals surface area contributed by atoms with Gasteiger partial charge in [0.2, 0.25) is 5.91 Å². The number of carbonyl (C=O) groups excluding carboxylic acids is 1. The molecule has 4 heteroatoms. The molecular formula is C29H33N3O. The first-order valence-corrected chi connectivity index (χ1v) is 11.6. The largest absolute Gasteiger partial charge is 0.366 e. The van der Waals surface area contributed by atoms with Gasteiger partial charge < -0.3 is 5.73 Å². The van der Waals surface area contributed by atoms with Crippen LogP contribution < -0.4 is 5.73 Å². The Balaban J connectivity index is 1.68. The molecule has 33 heavy (non-hydrogen) atoms. The highest BCUT2D eigenvalue weighted by molar-refractivity contribution is 5.92. The molecule has 0 aliphatic heterocycles. The molecule has 0 bridgehead atoms. The van der Waals surface area contributed by atoms with Gasteiger partial charge in [-0.05, 0) is 64.3 Å². The molecule has 3 aromatic carbocycles. The van der Waals surface area contributed by atoms with Crippen LogP contribution in [0.3, 0.4) is 0 Å². The molecule has 170 valence electrons. The van der Waals surface area contributed by atoms with Crippen molar-refractivity contribution >= 4 is 16.8 Å². The Labute approximate surface area is 196 Å². The minimum absolute atomic E-state index is 0.0915. The molecule has 0 fully saturated rings. The van der Waals surface area contributed by atoms with Crippen LogP contribution in [-0.2, 0) is 5.41 Å². The monoisotopic (exact) mass is 439 g/mol. The highest BCUT2D eigenvalue weighted by atomic mass is 16.1. The lowest BCUT2D eigenvalue weighted by molar-refractivity contribution is 0.1000. The zero-order valence-corrected chi connectivity index (χ0v) is 20.2. The Hall–Kier alpha value is -3.40. The van der Waals surface area contributed by atoms with Crippen LogP contribution in [0.1, 0.15) is 68.6 Å². The van der Waals surface area contributed by atoms with E-state index in [1.165, 1.54) is 16.7 Å². The van der Waals surface area contributed by atoms with Gasteiger partial charge in [0.05, 0.1) is 11.6 Å². The molecule has 0 saturated heterocycles. The Morgan fingerprint density at radius 3 is 2.15 bits per heavy atom. The zero-order valence-electron chi connectivity index (χ0n) is 20.2. The van der Waals surface area contributed by atoms with Gasteiger partial charge in [0.15, 0.2) is 0 Å². The molecule has 4 nitrogen and oxygen atoms in total. The maximum atomic E-state index is 11.5. The molecule has 1 amide bonds. The fourth-order valence-electron chi connectivity index (χ4n) is 4.26. The maximum absolute atomic E-state index is 11.5. The average Bonchev–Trinajstić information content (AvgIpc) is 3.20. The van der Waals surface area contributed by atoms with E-state index in [1.807, 2.05) is 12.1 Å². The van der Waals surface area contributed by atoms with Crippen LogP contribution in [0.25, 0.3) is 22.0 Å². The zero-order chi connectivity index (χ0) is 23.8. The number of primary amides is 1. The second-order valence-electron chi connectivity index (χ2n) is 10.3. The van der Waals surface area contributed by atoms with E-state index in [4.69, 9.17) is 10.8 Å². The molecule has 1 atom stereocenters. The highest BCUT2D eigenvalue weighted by Crippen LogP contribution is 2.31. The normalized spacial score (nSPS) is 12.9. The van der Waals surface area contributed by atoms with E-state index in [2.05, 4.69) is 88.0 Å². The number of nitrogens with zero attached hydrogens (tertiary/aromatic N) is 2. The maximum Gasteiger partial charge on any atom is 0.248 e. The summed E-state index contributed by atoms with van der Waals surface area (Å²) in [4.78, 5) is 11.5. The van der Waals surface area contributed by atoms with Crippen molar-refractivity contribution in [3.63, 3.8) is 0 Å². The molecule has 2 N–H and O–H groups in total. The van der Waals surface area contributed by atoms with E-state index in [0.717, 1.165) is 22.9 Å². The van der Waals surface area contributed by atoms with E-state index in [-0.39, 0.29) is 11.5 Å². The van der Waals surface area contributed by atoms with Crippen LogP contribution in [0.15, 0.2) is 72.9 Å². The summed E-state index contributed by atoms with van der Waals surface area (Å²) in [7, 11) is 0. The summed E-state index contributed by atoms with van der Waals surface area (Å²) in [6, 6.07) is 23.0. The van der Waals surface area contributed by atoms with Gasteiger partial charge in [-0.3, -0.25) is 9.48 Å².